The predicted octanol–water partition coefficient (Wildman–Crippen LogP) is 0.783. The summed E-state index contributed by atoms with van der Waals surface area (Å²) in [5.41, 5.74) is 0. The molecule has 96 valence electrons. The van der Waals surface area contributed by atoms with Gasteiger partial charge in [-0.05, 0) is 12.3 Å². The number of ether oxygens (including phenoxy) is 3. The number of esters is 1. The fraction of sp³-hybridized carbons (Fsp3) is 0.909. The summed E-state index contributed by atoms with van der Waals surface area (Å²) in [4.78, 5) is 11.5. The standard InChI is InChI=1S/C11H23NO4/c1-8(2)6-9(11(13)16-5)12-7-10(14-3)15-4/h8-10,12H,6-7H2,1-5H3/t9-/m0/s1. The van der Waals surface area contributed by atoms with Crippen LogP contribution in [0.4, 0.5) is 0 Å². The van der Waals surface area contributed by atoms with Gasteiger partial charge in [0.15, 0.2) is 6.29 Å². The van der Waals surface area contributed by atoms with Crippen LogP contribution in [0.2, 0.25) is 0 Å². The van der Waals surface area contributed by atoms with Gasteiger partial charge in [-0.2, -0.15) is 0 Å². The van der Waals surface area contributed by atoms with E-state index in [9.17, 15) is 4.79 Å². The van der Waals surface area contributed by atoms with Crippen molar-refractivity contribution in [3.05, 3.63) is 0 Å². The molecule has 0 aromatic carbocycles. The zero-order valence-corrected chi connectivity index (χ0v) is 10.8. The first kappa shape index (κ1) is 15.3. The highest BCUT2D eigenvalue weighted by molar-refractivity contribution is 5.75. The average Bonchev–Trinajstić information content (AvgIpc) is 2.27. The van der Waals surface area contributed by atoms with Crippen molar-refractivity contribution in [1.29, 1.82) is 0 Å². The summed E-state index contributed by atoms with van der Waals surface area (Å²) < 4.78 is 14.8. The Morgan fingerprint density at radius 3 is 2.12 bits per heavy atom. The molecule has 16 heavy (non-hydrogen) atoms. The van der Waals surface area contributed by atoms with Crippen molar-refractivity contribution in [1.82, 2.24) is 5.32 Å². The first-order valence-electron chi connectivity index (χ1n) is 5.41. The molecule has 0 saturated heterocycles. The minimum absolute atomic E-state index is 0.250. The first-order chi connectivity index (χ1) is 7.54. The Balaban J connectivity index is 4.15. The minimum Gasteiger partial charge on any atom is -0.468 e. The number of carbonyl (C=O) groups is 1. The summed E-state index contributed by atoms with van der Waals surface area (Å²) in [5, 5.41) is 3.08. The van der Waals surface area contributed by atoms with Gasteiger partial charge in [-0.15, -0.1) is 0 Å². The van der Waals surface area contributed by atoms with Crippen LogP contribution in [0.5, 0.6) is 0 Å². The second-order valence-corrected chi connectivity index (χ2v) is 4.01. The van der Waals surface area contributed by atoms with E-state index in [0.717, 1.165) is 6.42 Å². The van der Waals surface area contributed by atoms with Gasteiger partial charge in [0.1, 0.15) is 6.04 Å². The van der Waals surface area contributed by atoms with Crippen molar-refractivity contribution in [2.75, 3.05) is 27.9 Å². The molecule has 0 spiro atoms. The molecule has 0 aromatic rings. The molecule has 0 aliphatic rings. The molecule has 0 amide bonds. The fourth-order valence-corrected chi connectivity index (χ4v) is 1.38. The summed E-state index contributed by atoms with van der Waals surface area (Å²) in [6.07, 6.45) is 0.381. The van der Waals surface area contributed by atoms with Gasteiger partial charge >= 0.3 is 5.97 Å². The lowest BCUT2D eigenvalue weighted by Crippen LogP contribution is -2.43. The maximum atomic E-state index is 11.5. The van der Waals surface area contributed by atoms with Crippen molar-refractivity contribution in [3.8, 4) is 0 Å². The number of methoxy groups -OCH3 is 3. The molecule has 5 nitrogen and oxygen atoms in total. The van der Waals surface area contributed by atoms with Crippen LogP contribution in [-0.4, -0.2) is 46.2 Å². The monoisotopic (exact) mass is 233 g/mol. The Kier molecular flexibility index (Phi) is 8.15. The predicted molar refractivity (Wildman–Crippen MR) is 61.1 cm³/mol. The maximum absolute atomic E-state index is 11.5. The van der Waals surface area contributed by atoms with Gasteiger partial charge in [0.05, 0.1) is 7.11 Å². The third-order valence-corrected chi connectivity index (χ3v) is 2.25. The summed E-state index contributed by atoms with van der Waals surface area (Å²) in [6.45, 7) is 4.57. The van der Waals surface area contributed by atoms with E-state index < -0.39 is 0 Å². The van der Waals surface area contributed by atoms with Gasteiger partial charge in [0.25, 0.3) is 0 Å². The molecule has 5 heteroatoms. The Bertz CT molecular complexity index is 192. The van der Waals surface area contributed by atoms with E-state index in [1.54, 1.807) is 14.2 Å². The van der Waals surface area contributed by atoms with Crippen LogP contribution >= 0.6 is 0 Å². The minimum atomic E-state index is -0.348. The third kappa shape index (κ3) is 6.05. The summed E-state index contributed by atoms with van der Waals surface area (Å²) in [7, 11) is 4.51. The molecule has 0 unspecified atom stereocenters. The fourth-order valence-electron chi connectivity index (χ4n) is 1.38. The van der Waals surface area contributed by atoms with Crippen LogP contribution in [0.15, 0.2) is 0 Å². The van der Waals surface area contributed by atoms with E-state index in [2.05, 4.69) is 19.2 Å². The van der Waals surface area contributed by atoms with Crippen LogP contribution in [0.1, 0.15) is 20.3 Å². The van der Waals surface area contributed by atoms with Crippen LogP contribution in [-0.2, 0) is 19.0 Å². The molecule has 0 aromatic heterocycles. The van der Waals surface area contributed by atoms with E-state index >= 15 is 0 Å². The van der Waals surface area contributed by atoms with E-state index in [0.29, 0.717) is 12.5 Å². The van der Waals surface area contributed by atoms with Gasteiger partial charge < -0.3 is 14.2 Å². The first-order valence-corrected chi connectivity index (χ1v) is 5.41. The molecule has 0 fully saturated rings. The van der Waals surface area contributed by atoms with E-state index in [-0.39, 0.29) is 18.3 Å². The zero-order valence-electron chi connectivity index (χ0n) is 10.8. The highest BCUT2D eigenvalue weighted by atomic mass is 16.7. The highest BCUT2D eigenvalue weighted by Crippen LogP contribution is 2.06. The van der Waals surface area contributed by atoms with Gasteiger partial charge in [-0.25, -0.2) is 0 Å². The van der Waals surface area contributed by atoms with Crippen molar-refractivity contribution in [3.63, 3.8) is 0 Å². The molecule has 0 aliphatic heterocycles. The lowest BCUT2D eigenvalue weighted by atomic mass is 10.0. The van der Waals surface area contributed by atoms with E-state index in [4.69, 9.17) is 14.2 Å². The molecule has 0 bridgehead atoms. The summed E-state index contributed by atoms with van der Waals surface area (Å²) >= 11 is 0. The number of carbonyl (C=O) groups excluding carboxylic acids is 1. The van der Waals surface area contributed by atoms with Crippen molar-refractivity contribution in [2.45, 2.75) is 32.6 Å². The van der Waals surface area contributed by atoms with E-state index in [1.807, 2.05) is 0 Å². The molecule has 0 saturated carbocycles. The molecule has 0 radical (unpaired) electrons. The van der Waals surface area contributed by atoms with Crippen molar-refractivity contribution in [2.24, 2.45) is 5.92 Å². The lowest BCUT2D eigenvalue weighted by Gasteiger charge is -2.21. The molecule has 0 aliphatic carbocycles. The Labute approximate surface area is 97.4 Å². The Morgan fingerprint density at radius 2 is 1.75 bits per heavy atom. The highest BCUT2D eigenvalue weighted by Gasteiger charge is 2.21. The summed E-state index contributed by atoms with van der Waals surface area (Å²) in [6, 6.07) is -0.308. The second kappa shape index (κ2) is 8.50. The molecular weight excluding hydrogens is 210 g/mol. The van der Waals surface area contributed by atoms with Gasteiger partial charge in [0.2, 0.25) is 0 Å². The lowest BCUT2D eigenvalue weighted by molar-refractivity contribution is -0.144. The number of hydrogen-bond donors (Lipinski definition) is 1. The Hall–Kier alpha value is -0.650. The molecular formula is C11H23NO4. The normalized spacial score (nSPS) is 13.2. The Morgan fingerprint density at radius 1 is 1.19 bits per heavy atom. The van der Waals surface area contributed by atoms with Crippen molar-refractivity contribution >= 4 is 5.97 Å². The molecule has 0 heterocycles. The van der Waals surface area contributed by atoms with Crippen LogP contribution in [0.3, 0.4) is 0 Å². The van der Waals surface area contributed by atoms with Gasteiger partial charge in [0, 0.05) is 20.8 Å². The average molecular weight is 233 g/mol. The maximum Gasteiger partial charge on any atom is 0.322 e. The van der Waals surface area contributed by atoms with Crippen molar-refractivity contribution < 1.29 is 19.0 Å². The summed E-state index contributed by atoms with van der Waals surface area (Å²) in [5.74, 6) is 0.166. The second-order valence-electron chi connectivity index (χ2n) is 4.01. The van der Waals surface area contributed by atoms with Gasteiger partial charge in [-0.1, -0.05) is 13.8 Å². The molecule has 1 atom stereocenters. The largest absolute Gasteiger partial charge is 0.468 e. The zero-order chi connectivity index (χ0) is 12.6. The van der Waals surface area contributed by atoms with Crippen LogP contribution < -0.4 is 5.32 Å². The van der Waals surface area contributed by atoms with E-state index in [1.165, 1.54) is 7.11 Å². The van der Waals surface area contributed by atoms with Gasteiger partial charge in [-0.3, -0.25) is 10.1 Å². The quantitative estimate of drug-likeness (QED) is 0.496. The molecule has 0 rings (SSSR count). The van der Waals surface area contributed by atoms with Crippen LogP contribution in [0, 0.1) is 5.92 Å². The third-order valence-electron chi connectivity index (χ3n) is 2.25. The number of hydrogen-bond acceptors (Lipinski definition) is 5. The topological polar surface area (TPSA) is 56.8 Å². The number of nitrogens with one attached hydrogen (secondary N) is 1. The molecule has 1 N–H and O–H groups in total. The van der Waals surface area contributed by atoms with Crippen LogP contribution in [0.25, 0.3) is 0 Å². The number of rotatable bonds is 8. The SMILES string of the molecule is COC(=O)[C@H](CC(C)C)NCC(OC)OC. The smallest absolute Gasteiger partial charge is 0.322 e.